The Morgan fingerprint density at radius 3 is 2.70 bits per heavy atom. The zero-order chi connectivity index (χ0) is 15.1. The van der Waals surface area contributed by atoms with E-state index in [1.807, 2.05) is 18.7 Å². The lowest BCUT2D eigenvalue weighted by molar-refractivity contribution is -0.385. The van der Waals surface area contributed by atoms with Crippen molar-refractivity contribution in [2.24, 2.45) is 0 Å². The number of hydrogen-bond donors (Lipinski definition) is 0. The first-order valence-electron chi connectivity index (χ1n) is 6.56. The standard InChI is InChI=1S/C14H19N3O3/c1-4-20-14-10-12(6-7-13(14)17(18)19)16(11(2)3)9-5-8-15/h6-7,10-11H,4-5,9H2,1-3H3. The highest BCUT2D eigenvalue weighted by Crippen LogP contribution is 2.32. The molecule has 0 aliphatic carbocycles. The highest BCUT2D eigenvalue weighted by atomic mass is 16.6. The van der Waals surface area contributed by atoms with Crippen LogP contribution in [0.5, 0.6) is 5.75 Å². The molecule has 0 saturated carbocycles. The number of anilines is 1. The first-order valence-corrected chi connectivity index (χ1v) is 6.56. The summed E-state index contributed by atoms with van der Waals surface area (Å²) < 4.78 is 5.34. The van der Waals surface area contributed by atoms with Crippen LogP contribution in [0.4, 0.5) is 11.4 Å². The van der Waals surface area contributed by atoms with Gasteiger partial charge in [0.15, 0.2) is 5.75 Å². The average Bonchev–Trinajstić information content (AvgIpc) is 2.39. The van der Waals surface area contributed by atoms with E-state index in [0.717, 1.165) is 5.69 Å². The van der Waals surface area contributed by atoms with Crippen LogP contribution >= 0.6 is 0 Å². The smallest absolute Gasteiger partial charge is 0.311 e. The molecule has 6 nitrogen and oxygen atoms in total. The normalized spacial score (nSPS) is 10.2. The van der Waals surface area contributed by atoms with Gasteiger partial charge in [-0.1, -0.05) is 0 Å². The van der Waals surface area contributed by atoms with Gasteiger partial charge in [-0.3, -0.25) is 10.1 Å². The fraction of sp³-hybridized carbons (Fsp3) is 0.500. The summed E-state index contributed by atoms with van der Waals surface area (Å²) in [6.07, 6.45) is 0.402. The van der Waals surface area contributed by atoms with Gasteiger partial charge in [-0.15, -0.1) is 0 Å². The maximum absolute atomic E-state index is 11.0. The van der Waals surface area contributed by atoms with Crippen LogP contribution in [0.3, 0.4) is 0 Å². The molecule has 108 valence electrons. The molecule has 6 heteroatoms. The van der Waals surface area contributed by atoms with Gasteiger partial charge >= 0.3 is 5.69 Å². The third kappa shape index (κ3) is 3.85. The van der Waals surface area contributed by atoms with Crippen molar-refractivity contribution in [1.29, 1.82) is 5.26 Å². The average molecular weight is 277 g/mol. The Morgan fingerprint density at radius 1 is 1.50 bits per heavy atom. The molecular formula is C14H19N3O3. The molecule has 0 N–H and O–H groups in total. The van der Waals surface area contributed by atoms with Gasteiger partial charge < -0.3 is 9.64 Å². The Kier molecular flexibility index (Phi) is 5.78. The summed E-state index contributed by atoms with van der Waals surface area (Å²) in [5, 5.41) is 19.7. The van der Waals surface area contributed by atoms with E-state index in [1.165, 1.54) is 6.07 Å². The van der Waals surface area contributed by atoms with Crippen LogP contribution in [0.25, 0.3) is 0 Å². The Balaban J connectivity index is 3.13. The van der Waals surface area contributed by atoms with Crippen molar-refractivity contribution in [2.75, 3.05) is 18.1 Å². The molecule has 0 unspecified atom stereocenters. The molecule has 0 spiro atoms. The summed E-state index contributed by atoms with van der Waals surface area (Å²) in [5.74, 6) is 0.262. The lowest BCUT2D eigenvalue weighted by Crippen LogP contribution is -2.31. The third-order valence-corrected chi connectivity index (χ3v) is 2.86. The van der Waals surface area contributed by atoms with Gasteiger partial charge in [-0.25, -0.2) is 0 Å². The van der Waals surface area contributed by atoms with Crippen molar-refractivity contribution < 1.29 is 9.66 Å². The van der Waals surface area contributed by atoms with Gasteiger partial charge in [-0.2, -0.15) is 5.26 Å². The van der Waals surface area contributed by atoms with Crippen LogP contribution in [-0.4, -0.2) is 24.1 Å². The number of nitrogens with zero attached hydrogens (tertiary/aromatic N) is 3. The van der Waals surface area contributed by atoms with Crippen LogP contribution in [-0.2, 0) is 0 Å². The maximum atomic E-state index is 11.0. The van der Waals surface area contributed by atoms with Crippen LogP contribution in [0, 0.1) is 21.4 Å². The van der Waals surface area contributed by atoms with Crippen molar-refractivity contribution in [3.05, 3.63) is 28.3 Å². The first-order chi connectivity index (χ1) is 9.51. The molecule has 1 aromatic rings. The lowest BCUT2D eigenvalue weighted by atomic mass is 10.2. The number of ether oxygens (including phenoxy) is 1. The van der Waals surface area contributed by atoms with E-state index >= 15 is 0 Å². The molecule has 0 bridgehead atoms. The predicted octanol–water partition coefficient (Wildman–Crippen LogP) is 3.12. The molecule has 0 aliphatic heterocycles. The van der Waals surface area contributed by atoms with Crippen molar-refractivity contribution in [1.82, 2.24) is 0 Å². The Morgan fingerprint density at radius 2 is 2.20 bits per heavy atom. The molecule has 0 fully saturated rings. The van der Waals surface area contributed by atoms with E-state index in [4.69, 9.17) is 10.00 Å². The zero-order valence-electron chi connectivity index (χ0n) is 12.0. The van der Waals surface area contributed by atoms with Crippen LogP contribution in [0.15, 0.2) is 18.2 Å². The summed E-state index contributed by atoms with van der Waals surface area (Å²) in [7, 11) is 0. The van der Waals surface area contributed by atoms with Crippen molar-refractivity contribution in [2.45, 2.75) is 33.2 Å². The SMILES string of the molecule is CCOc1cc(N(CCC#N)C(C)C)ccc1[N+](=O)[O-]. The van der Waals surface area contributed by atoms with Crippen LogP contribution < -0.4 is 9.64 Å². The van der Waals surface area contributed by atoms with Gasteiger partial charge in [0.25, 0.3) is 0 Å². The minimum absolute atomic E-state index is 0.0420. The molecule has 0 aliphatic rings. The van der Waals surface area contributed by atoms with Crippen molar-refractivity contribution in [3.8, 4) is 11.8 Å². The number of benzene rings is 1. The molecule has 0 saturated heterocycles. The molecule has 0 atom stereocenters. The lowest BCUT2D eigenvalue weighted by Gasteiger charge is -2.28. The van der Waals surface area contributed by atoms with E-state index in [-0.39, 0.29) is 17.5 Å². The van der Waals surface area contributed by atoms with Crippen LogP contribution in [0.2, 0.25) is 0 Å². The quantitative estimate of drug-likeness (QED) is 0.565. The molecule has 1 rings (SSSR count). The van der Waals surface area contributed by atoms with E-state index < -0.39 is 4.92 Å². The van der Waals surface area contributed by atoms with Gasteiger partial charge in [0.2, 0.25) is 0 Å². The minimum atomic E-state index is -0.455. The second-order valence-corrected chi connectivity index (χ2v) is 4.54. The fourth-order valence-electron chi connectivity index (χ4n) is 1.96. The molecular weight excluding hydrogens is 258 g/mol. The van der Waals surface area contributed by atoms with Crippen molar-refractivity contribution in [3.63, 3.8) is 0 Å². The van der Waals surface area contributed by atoms with E-state index in [1.54, 1.807) is 19.1 Å². The van der Waals surface area contributed by atoms with Gasteiger partial charge in [0.05, 0.1) is 24.0 Å². The Hall–Kier alpha value is -2.29. The van der Waals surface area contributed by atoms with E-state index in [0.29, 0.717) is 19.6 Å². The molecule has 0 radical (unpaired) electrons. The number of nitro benzene ring substituents is 1. The molecule has 20 heavy (non-hydrogen) atoms. The minimum Gasteiger partial charge on any atom is -0.487 e. The largest absolute Gasteiger partial charge is 0.487 e. The number of hydrogen-bond acceptors (Lipinski definition) is 5. The summed E-state index contributed by atoms with van der Waals surface area (Å²) >= 11 is 0. The van der Waals surface area contributed by atoms with E-state index in [2.05, 4.69) is 6.07 Å². The number of nitriles is 1. The summed E-state index contributed by atoms with van der Waals surface area (Å²) in [6, 6.07) is 7.11. The number of nitro groups is 1. The van der Waals surface area contributed by atoms with Crippen molar-refractivity contribution >= 4 is 11.4 Å². The topological polar surface area (TPSA) is 79.4 Å². The molecule has 0 heterocycles. The highest BCUT2D eigenvalue weighted by molar-refractivity contribution is 5.59. The highest BCUT2D eigenvalue weighted by Gasteiger charge is 2.18. The fourth-order valence-corrected chi connectivity index (χ4v) is 1.96. The molecule has 0 amide bonds. The summed E-state index contributed by atoms with van der Waals surface area (Å²) in [5.41, 5.74) is 0.781. The molecule has 0 aromatic heterocycles. The van der Waals surface area contributed by atoms with E-state index in [9.17, 15) is 10.1 Å². The second-order valence-electron chi connectivity index (χ2n) is 4.54. The second kappa shape index (κ2) is 7.34. The van der Waals surface area contributed by atoms with Crippen LogP contribution in [0.1, 0.15) is 27.2 Å². The predicted molar refractivity (Wildman–Crippen MR) is 77.0 cm³/mol. The maximum Gasteiger partial charge on any atom is 0.311 e. The van der Waals surface area contributed by atoms with Gasteiger partial charge in [-0.05, 0) is 26.8 Å². The Bertz CT molecular complexity index is 509. The first kappa shape index (κ1) is 15.8. The zero-order valence-corrected chi connectivity index (χ0v) is 12.0. The number of rotatable bonds is 7. The van der Waals surface area contributed by atoms with Gasteiger partial charge in [0.1, 0.15) is 0 Å². The van der Waals surface area contributed by atoms with Gasteiger partial charge in [0, 0.05) is 30.4 Å². The third-order valence-electron chi connectivity index (χ3n) is 2.86. The molecule has 1 aromatic carbocycles. The summed E-state index contributed by atoms with van der Waals surface area (Å²) in [6.45, 7) is 6.76. The summed E-state index contributed by atoms with van der Waals surface area (Å²) in [4.78, 5) is 12.5. The Labute approximate surface area is 118 Å². The monoisotopic (exact) mass is 277 g/mol.